The lowest BCUT2D eigenvalue weighted by atomic mass is 9.81. The molecule has 2 rings (SSSR count). The van der Waals surface area contributed by atoms with Crippen LogP contribution < -0.4 is 0 Å². The maximum Gasteiger partial charge on any atom is 0.308 e. The van der Waals surface area contributed by atoms with Gasteiger partial charge in [0.2, 0.25) is 5.91 Å². The van der Waals surface area contributed by atoms with Crippen molar-refractivity contribution in [2.24, 2.45) is 17.8 Å². The van der Waals surface area contributed by atoms with E-state index in [-0.39, 0.29) is 17.7 Å². The number of carbonyl (C=O) groups is 2. The van der Waals surface area contributed by atoms with Crippen molar-refractivity contribution in [1.29, 1.82) is 0 Å². The van der Waals surface area contributed by atoms with Gasteiger partial charge in [0.25, 0.3) is 0 Å². The van der Waals surface area contributed by atoms with Gasteiger partial charge < -0.3 is 10.0 Å². The van der Waals surface area contributed by atoms with E-state index in [1.165, 1.54) is 32.1 Å². The first-order valence-corrected chi connectivity index (χ1v) is 8.13. The molecule has 4 heteroatoms. The monoisotopic (exact) mass is 281 g/mol. The molecule has 2 aliphatic rings. The highest BCUT2D eigenvalue weighted by Gasteiger charge is 2.34. The summed E-state index contributed by atoms with van der Waals surface area (Å²) in [7, 11) is 0. The van der Waals surface area contributed by atoms with Crippen molar-refractivity contribution in [2.75, 3.05) is 13.1 Å². The quantitative estimate of drug-likeness (QED) is 0.843. The van der Waals surface area contributed by atoms with E-state index in [9.17, 15) is 9.59 Å². The van der Waals surface area contributed by atoms with Crippen LogP contribution in [0, 0.1) is 17.8 Å². The molecule has 4 nitrogen and oxygen atoms in total. The van der Waals surface area contributed by atoms with Gasteiger partial charge in [-0.3, -0.25) is 9.59 Å². The second-order valence-electron chi connectivity index (χ2n) is 6.45. The molecule has 2 fully saturated rings. The third kappa shape index (κ3) is 3.74. The van der Waals surface area contributed by atoms with Crippen LogP contribution in [0.3, 0.4) is 0 Å². The maximum absolute atomic E-state index is 12.6. The van der Waals surface area contributed by atoms with Crippen molar-refractivity contribution >= 4 is 11.9 Å². The maximum atomic E-state index is 12.6. The number of aliphatic carboxylic acids is 1. The van der Waals surface area contributed by atoms with Gasteiger partial charge in [-0.25, -0.2) is 0 Å². The molecular weight excluding hydrogens is 254 g/mol. The number of nitrogens with zero attached hydrogens (tertiary/aromatic N) is 1. The van der Waals surface area contributed by atoms with Crippen molar-refractivity contribution in [3.63, 3.8) is 0 Å². The van der Waals surface area contributed by atoms with E-state index in [2.05, 4.69) is 6.92 Å². The topological polar surface area (TPSA) is 57.6 Å². The average molecular weight is 281 g/mol. The Morgan fingerprint density at radius 1 is 1.20 bits per heavy atom. The summed E-state index contributed by atoms with van der Waals surface area (Å²) in [6.07, 6.45) is 8.98. The van der Waals surface area contributed by atoms with E-state index in [0.29, 0.717) is 25.4 Å². The molecule has 1 saturated carbocycles. The molecule has 0 aromatic rings. The van der Waals surface area contributed by atoms with Crippen molar-refractivity contribution in [1.82, 2.24) is 4.90 Å². The largest absolute Gasteiger partial charge is 0.481 e. The highest BCUT2D eigenvalue weighted by Crippen LogP contribution is 2.31. The minimum atomic E-state index is -0.763. The number of likely N-dealkylation sites (tertiary alicyclic amines) is 1. The van der Waals surface area contributed by atoms with Crippen LogP contribution in [-0.4, -0.2) is 35.0 Å². The molecule has 1 aliphatic heterocycles. The van der Waals surface area contributed by atoms with Gasteiger partial charge in [0, 0.05) is 19.0 Å². The van der Waals surface area contributed by atoms with E-state index in [1.807, 2.05) is 0 Å². The lowest BCUT2D eigenvalue weighted by Crippen LogP contribution is -2.36. The van der Waals surface area contributed by atoms with Crippen LogP contribution in [0.15, 0.2) is 0 Å². The Morgan fingerprint density at radius 2 is 1.90 bits per heavy atom. The van der Waals surface area contributed by atoms with Crippen LogP contribution in [0.25, 0.3) is 0 Å². The van der Waals surface area contributed by atoms with Crippen LogP contribution in [0.4, 0.5) is 0 Å². The number of carboxylic acid groups (broad SMARTS) is 1. The molecule has 1 amide bonds. The third-order valence-corrected chi connectivity index (χ3v) is 5.03. The first kappa shape index (κ1) is 15.3. The van der Waals surface area contributed by atoms with E-state index >= 15 is 0 Å². The molecule has 0 aromatic heterocycles. The molecule has 2 atom stereocenters. The fourth-order valence-corrected chi connectivity index (χ4v) is 3.69. The Morgan fingerprint density at radius 3 is 2.45 bits per heavy atom. The predicted molar refractivity (Wildman–Crippen MR) is 77.3 cm³/mol. The number of carbonyl (C=O) groups excluding carboxylic acids is 1. The van der Waals surface area contributed by atoms with E-state index < -0.39 is 5.97 Å². The minimum Gasteiger partial charge on any atom is -0.481 e. The lowest BCUT2D eigenvalue weighted by Gasteiger charge is -2.28. The number of amides is 1. The summed E-state index contributed by atoms with van der Waals surface area (Å²) in [5.74, 6) is -0.116. The summed E-state index contributed by atoms with van der Waals surface area (Å²) in [5.41, 5.74) is 0. The molecule has 1 heterocycles. The van der Waals surface area contributed by atoms with Crippen LogP contribution in [0.2, 0.25) is 0 Å². The number of hydrogen-bond acceptors (Lipinski definition) is 2. The van der Waals surface area contributed by atoms with Gasteiger partial charge in [0.05, 0.1) is 5.92 Å². The predicted octanol–water partition coefficient (Wildman–Crippen LogP) is 2.92. The Hall–Kier alpha value is -1.06. The lowest BCUT2D eigenvalue weighted by molar-refractivity contribution is -0.141. The Labute approximate surface area is 121 Å². The molecule has 1 saturated heterocycles. The number of carboxylic acids is 1. The highest BCUT2D eigenvalue weighted by atomic mass is 16.4. The molecule has 1 aliphatic carbocycles. The molecular formula is C16H27NO3. The summed E-state index contributed by atoms with van der Waals surface area (Å²) < 4.78 is 0. The zero-order valence-electron chi connectivity index (χ0n) is 12.5. The van der Waals surface area contributed by atoms with E-state index in [1.54, 1.807) is 4.90 Å². The summed E-state index contributed by atoms with van der Waals surface area (Å²) in [6.45, 7) is 3.11. The summed E-state index contributed by atoms with van der Waals surface area (Å²) in [4.78, 5) is 25.3. The zero-order valence-corrected chi connectivity index (χ0v) is 12.5. The summed E-state index contributed by atoms with van der Waals surface area (Å²) >= 11 is 0. The smallest absolute Gasteiger partial charge is 0.308 e. The number of hydrogen-bond donors (Lipinski definition) is 1. The van der Waals surface area contributed by atoms with Crippen molar-refractivity contribution in [3.05, 3.63) is 0 Å². The molecule has 0 spiro atoms. The molecule has 114 valence electrons. The first-order chi connectivity index (χ1) is 9.61. The average Bonchev–Trinajstić information content (AvgIpc) is 2.95. The Kier molecular flexibility index (Phi) is 5.44. The molecule has 2 unspecified atom stereocenters. The molecule has 20 heavy (non-hydrogen) atoms. The highest BCUT2D eigenvalue weighted by molar-refractivity contribution is 5.80. The van der Waals surface area contributed by atoms with Gasteiger partial charge in [-0.15, -0.1) is 0 Å². The van der Waals surface area contributed by atoms with Gasteiger partial charge in [0.1, 0.15) is 0 Å². The van der Waals surface area contributed by atoms with Crippen LogP contribution >= 0.6 is 0 Å². The van der Waals surface area contributed by atoms with Gasteiger partial charge in [0.15, 0.2) is 0 Å². The second kappa shape index (κ2) is 7.09. The molecule has 0 aromatic carbocycles. The minimum absolute atomic E-state index is 0.102. The first-order valence-electron chi connectivity index (χ1n) is 8.13. The van der Waals surface area contributed by atoms with Crippen molar-refractivity contribution < 1.29 is 14.7 Å². The van der Waals surface area contributed by atoms with Gasteiger partial charge in [-0.05, 0) is 25.2 Å². The van der Waals surface area contributed by atoms with E-state index in [0.717, 1.165) is 12.8 Å². The fraction of sp³-hybridized carbons (Fsp3) is 0.875. The van der Waals surface area contributed by atoms with Crippen LogP contribution in [0.5, 0.6) is 0 Å². The fourth-order valence-electron chi connectivity index (χ4n) is 3.69. The third-order valence-electron chi connectivity index (χ3n) is 5.03. The summed E-state index contributed by atoms with van der Waals surface area (Å²) in [6, 6.07) is 0. The van der Waals surface area contributed by atoms with Gasteiger partial charge in [-0.2, -0.15) is 0 Å². The summed E-state index contributed by atoms with van der Waals surface area (Å²) in [5, 5.41) is 9.03. The van der Waals surface area contributed by atoms with Crippen molar-refractivity contribution in [2.45, 2.75) is 58.3 Å². The molecule has 1 N–H and O–H groups in total. The zero-order chi connectivity index (χ0) is 14.5. The Bertz CT molecular complexity index is 350. The van der Waals surface area contributed by atoms with E-state index in [4.69, 9.17) is 5.11 Å². The SMILES string of the molecule is CCC(CC1CCCCC1)C(=O)N1CCC(C(=O)O)C1. The normalized spacial score (nSPS) is 25.6. The van der Waals surface area contributed by atoms with Crippen LogP contribution in [0.1, 0.15) is 58.3 Å². The molecule has 0 radical (unpaired) electrons. The van der Waals surface area contributed by atoms with Gasteiger partial charge >= 0.3 is 5.97 Å². The van der Waals surface area contributed by atoms with Crippen LogP contribution in [-0.2, 0) is 9.59 Å². The standard InChI is InChI=1S/C16H27NO3/c1-2-13(10-12-6-4-3-5-7-12)15(18)17-9-8-14(11-17)16(19)20/h12-14H,2-11H2,1H3,(H,19,20). The van der Waals surface area contributed by atoms with Crippen molar-refractivity contribution in [3.8, 4) is 0 Å². The molecule has 0 bridgehead atoms. The number of rotatable bonds is 5. The second-order valence-corrected chi connectivity index (χ2v) is 6.45. The Balaban J connectivity index is 1.87. The van der Waals surface area contributed by atoms with Gasteiger partial charge in [-0.1, -0.05) is 39.0 Å².